The van der Waals surface area contributed by atoms with E-state index >= 15 is 0 Å². The van der Waals surface area contributed by atoms with E-state index < -0.39 is 10.0 Å². The molecule has 1 unspecified atom stereocenters. The average molecular weight is 346 g/mol. The molecule has 0 aliphatic rings. The Morgan fingerprint density at radius 2 is 2.10 bits per heavy atom. The molecule has 21 heavy (non-hydrogen) atoms. The SMILES string of the molecule is Cc1ncsc1C(C)Nc1cc(NS(C)(=O)=O)ccc1Cl. The van der Waals surface area contributed by atoms with Gasteiger partial charge in [0.1, 0.15) is 0 Å². The van der Waals surface area contributed by atoms with E-state index in [4.69, 9.17) is 11.6 Å². The molecule has 1 aromatic heterocycles. The van der Waals surface area contributed by atoms with Gasteiger partial charge in [0.2, 0.25) is 10.0 Å². The van der Waals surface area contributed by atoms with E-state index in [0.717, 1.165) is 16.8 Å². The Hall–Kier alpha value is -1.31. The molecule has 5 nitrogen and oxygen atoms in total. The Balaban J connectivity index is 2.23. The van der Waals surface area contributed by atoms with Crippen LogP contribution in [0.1, 0.15) is 23.5 Å². The normalized spacial score (nSPS) is 13.0. The fourth-order valence-electron chi connectivity index (χ4n) is 1.94. The van der Waals surface area contributed by atoms with Crippen LogP contribution >= 0.6 is 22.9 Å². The van der Waals surface area contributed by atoms with Gasteiger partial charge >= 0.3 is 0 Å². The Bertz CT molecular complexity index is 744. The van der Waals surface area contributed by atoms with Crippen molar-refractivity contribution in [3.05, 3.63) is 39.3 Å². The molecule has 0 radical (unpaired) electrons. The van der Waals surface area contributed by atoms with Crippen molar-refractivity contribution in [2.75, 3.05) is 16.3 Å². The first-order valence-corrected chi connectivity index (χ1v) is 9.35. The van der Waals surface area contributed by atoms with Crippen LogP contribution in [-0.4, -0.2) is 19.7 Å². The summed E-state index contributed by atoms with van der Waals surface area (Å²) in [6, 6.07) is 4.99. The molecule has 0 aliphatic heterocycles. The van der Waals surface area contributed by atoms with Crippen LogP contribution in [0.25, 0.3) is 0 Å². The lowest BCUT2D eigenvalue weighted by Crippen LogP contribution is -2.11. The molecule has 1 atom stereocenters. The van der Waals surface area contributed by atoms with Crippen molar-refractivity contribution in [2.24, 2.45) is 0 Å². The van der Waals surface area contributed by atoms with Crippen molar-refractivity contribution in [3.63, 3.8) is 0 Å². The quantitative estimate of drug-likeness (QED) is 0.867. The Morgan fingerprint density at radius 1 is 1.38 bits per heavy atom. The molecule has 2 rings (SSSR count). The first-order valence-electron chi connectivity index (χ1n) is 6.20. The maximum Gasteiger partial charge on any atom is 0.229 e. The summed E-state index contributed by atoms with van der Waals surface area (Å²) in [6.07, 6.45) is 1.11. The summed E-state index contributed by atoms with van der Waals surface area (Å²) in [5.74, 6) is 0. The average Bonchev–Trinajstić information content (AvgIpc) is 2.78. The van der Waals surface area contributed by atoms with Gasteiger partial charge in [-0.2, -0.15) is 0 Å². The maximum atomic E-state index is 11.3. The fourth-order valence-corrected chi connectivity index (χ4v) is 3.48. The molecule has 0 amide bonds. The van der Waals surface area contributed by atoms with E-state index in [1.54, 1.807) is 35.0 Å². The van der Waals surface area contributed by atoms with Crippen molar-refractivity contribution in [1.82, 2.24) is 4.98 Å². The number of hydrogen-bond donors (Lipinski definition) is 2. The molecule has 114 valence electrons. The number of nitrogens with one attached hydrogen (secondary N) is 2. The number of aromatic nitrogens is 1. The summed E-state index contributed by atoms with van der Waals surface area (Å²) in [6.45, 7) is 3.96. The Labute approximate surface area is 133 Å². The van der Waals surface area contributed by atoms with Crippen LogP contribution in [-0.2, 0) is 10.0 Å². The second-order valence-electron chi connectivity index (χ2n) is 4.74. The van der Waals surface area contributed by atoms with Gasteiger partial charge in [0.15, 0.2) is 0 Å². The van der Waals surface area contributed by atoms with E-state index in [1.165, 1.54) is 0 Å². The summed E-state index contributed by atoms with van der Waals surface area (Å²) >= 11 is 7.73. The molecule has 0 fully saturated rings. The zero-order chi connectivity index (χ0) is 15.6. The topological polar surface area (TPSA) is 71.1 Å². The second kappa shape index (κ2) is 6.21. The highest BCUT2D eigenvalue weighted by Gasteiger charge is 2.13. The van der Waals surface area contributed by atoms with Crippen LogP contribution in [0, 0.1) is 6.92 Å². The van der Waals surface area contributed by atoms with Gasteiger partial charge in [0.25, 0.3) is 0 Å². The molecule has 1 aromatic carbocycles. The predicted molar refractivity (Wildman–Crippen MR) is 88.8 cm³/mol. The lowest BCUT2D eigenvalue weighted by molar-refractivity contribution is 0.607. The second-order valence-corrected chi connectivity index (χ2v) is 7.78. The van der Waals surface area contributed by atoms with E-state index in [9.17, 15) is 8.42 Å². The molecule has 0 spiro atoms. The number of aryl methyl sites for hydroxylation is 1. The highest BCUT2D eigenvalue weighted by atomic mass is 35.5. The minimum Gasteiger partial charge on any atom is -0.376 e. The molecular formula is C13H16ClN3O2S2. The van der Waals surface area contributed by atoms with Crippen LogP contribution in [0.3, 0.4) is 0 Å². The highest BCUT2D eigenvalue weighted by molar-refractivity contribution is 7.92. The molecule has 0 saturated heterocycles. The Kier molecular flexibility index (Phi) is 4.75. The van der Waals surface area contributed by atoms with Gasteiger partial charge < -0.3 is 5.32 Å². The summed E-state index contributed by atoms with van der Waals surface area (Å²) in [7, 11) is -3.31. The number of rotatable bonds is 5. The number of halogens is 1. The summed E-state index contributed by atoms with van der Waals surface area (Å²) in [4.78, 5) is 5.34. The molecule has 8 heteroatoms. The van der Waals surface area contributed by atoms with Crippen molar-refractivity contribution >= 4 is 44.3 Å². The van der Waals surface area contributed by atoms with Gasteiger partial charge in [0, 0.05) is 4.88 Å². The zero-order valence-corrected chi connectivity index (χ0v) is 14.2. The summed E-state index contributed by atoms with van der Waals surface area (Å²) in [5.41, 5.74) is 3.91. The van der Waals surface area contributed by atoms with Gasteiger partial charge in [-0.1, -0.05) is 11.6 Å². The van der Waals surface area contributed by atoms with Crippen LogP contribution in [0.4, 0.5) is 11.4 Å². The molecule has 2 aromatic rings. The molecule has 0 aliphatic carbocycles. The standard InChI is InChI=1S/C13H16ClN3O2S2/c1-8-13(20-7-15-8)9(2)16-12-6-10(4-5-11(12)14)17-21(3,18)19/h4-7,9,16-17H,1-3H3. The number of benzene rings is 1. The van der Waals surface area contributed by atoms with E-state index in [2.05, 4.69) is 15.0 Å². The van der Waals surface area contributed by atoms with Crippen molar-refractivity contribution in [1.29, 1.82) is 0 Å². The first kappa shape index (κ1) is 16.1. The Morgan fingerprint density at radius 3 is 2.67 bits per heavy atom. The lowest BCUT2D eigenvalue weighted by atomic mass is 10.2. The molecular weight excluding hydrogens is 330 g/mol. The smallest absolute Gasteiger partial charge is 0.229 e. The highest BCUT2D eigenvalue weighted by Crippen LogP contribution is 2.31. The number of sulfonamides is 1. The number of hydrogen-bond acceptors (Lipinski definition) is 5. The van der Waals surface area contributed by atoms with Gasteiger partial charge in [-0.15, -0.1) is 11.3 Å². The van der Waals surface area contributed by atoms with Crippen LogP contribution < -0.4 is 10.0 Å². The van der Waals surface area contributed by atoms with Gasteiger partial charge in [-0.05, 0) is 32.0 Å². The molecule has 2 N–H and O–H groups in total. The van der Waals surface area contributed by atoms with Gasteiger partial charge in [0.05, 0.1) is 39.9 Å². The van der Waals surface area contributed by atoms with E-state index in [-0.39, 0.29) is 6.04 Å². The first-order chi connectivity index (χ1) is 9.76. The fraction of sp³-hybridized carbons (Fsp3) is 0.308. The predicted octanol–water partition coefficient (Wildman–Crippen LogP) is 3.65. The summed E-state index contributed by atoms with van der Waals surface area (Å²) < 4.78 is 25.0. The summed E-state index contributed by atoms with van der Waals surface area (Å²) in [5, 5.41) is 3.81. The van der Waals surface area contributed by atoms with Gasteiger partial charge in [-0.3, -0.25) is 4.72 Å². The maximum absolute atomic E-state index is 11.3. The van der Waals surface area contributed by atoms with Crippen molar-refractivity contribution in [3.8, 4) is 0 Å². The van der Waals surface area contributed by atoms with Crippen LogP contribution in [0.5, 0.6) is 0 Å². The molecule has 0 bridgehead atoms. The molecule has 0 saturated carbocycles. The number of thiazole rings is 1. The lowest BCUT2D eigenvalue weighted by Gasteiger charge is -2.16. The minimum absolute atomic E-state index is 0.0310. The monoisotopic (exact) mass is 345 g/mol. The van der Waals surface area contributed by atoms with Gasteiger partial charge in [-0.25, -0.2) is 13.4 Å². The van der Waals surface area contributed by atoms with Crippen LogP contribution in [0.2, 0.25) is 5.02 Å². The molecule has 1 heterocycles. The van der Waals surface area contributed by atoms with E-state index in [1.807, 2.05) is 13.8 Å². The number of anilines is 2. The third-order valence-corrected chi connectivity index (χ3v) is 4.87. The van der Waals surface area contributed by atoms with Crippen molar-refractivity contribution < 1.29 is 8.42 Å². The third-order valence-electron chi connectivity index (χ3n) is 2.82. The van der Waals surface area contributed by atoms with Crippen molar-refractivity contribution in [2.45, 2.75) is 19.9 Å². The third kappa shape index (κ3) is 4.33. The minimum atomic E-state index is -3.31. The van der Waals surface area contributed by atoms with E-state index in [0.29, 0.717) is 16.4 Å². The zero-order valence-electron chi connectivity index (χ0n) is 11.8. The van der Waals surface area contributed by atoms with Crippen LogP contribution in [0.15, 0.2) is 23.7 Å². The number of nitrogens with zero attached hydrogens (tertiary/aromatic N) is 1. The largest absolute Gasteiger partial charge is 0.376 e.